The minimum atomic E-state index is 0.139. The Bertz CT molecular complexity index is 329. The van der Waals surface area contributed by atoms with Gasteiger partial charge in [-0.05, 0) is 31.7 Å². The summed E-state index contributed by atoms with van der Waals surface area (Å²) in [6.45, 7) is 5.40. The third kappa shape index (κ3) is 2.44. The van der Waals surface area contributed by atoms with Gasteiger partial charge in [-0.2, -0.15) is 5.10 Å². The molecule has 16 heavy (non-hydrogen) atoms. The molecule has 4 nitrogen and oxygen atoms in total. The van der Waals surface area contributed by atoms with Crippen LogP contribution in [0.15, 0.2) is 12.4 Å². The highest BCUT2D eigenvalue weighted by molar-refractivity contribution is 5.08. The molecule has 2 rings (SSSR count). The van der Waals surface area contributed by atoms with Crippen LogP contribution < -0.4 is 5.73 Å². The van der Waals surface area contributed by atoms with Crippen LogP contribution in [0.3, 0.4) is 0 Å². The first kappa shape index (κ1) is 11.6. The molecule has 0 saturated carbocycles. The Hall–Kier alpha value is -0.870. The number of hydrogen-bond donors (Lipinski definition) is 1. The SMILES string of the molecule is CCn1cc(CC2(CN)CCCOC2)cn1. The lowest BCUT2D eigenvalue weighted by atomic mass is 9.78. The smallest absolute Gasteiger partial charge is 0.0537 e. The van der Waals surface area contributed by atoms with E-state index < -0.39 is 0 Å². The fourth-order valence-electron chi connectivity index (χ4n) is 2.39. The van der Waals surface area contributed by atoms with Crippen LogP contribution in [-0.4, -0.2) is 29.5 Å². The maximum Gasteiger partial charge on any atom is 0.0537 e. The van der Waals surface area contributed by atoms with Crippen LogP contribution >= 0.6 is 0 Å². The second-order valence-corrected chi connectivity index (χ2v) is 4.74. The van der Waals surface area contributed by atoms with Crippen molar-refractivity contribution in [1.29, 1.82) is 0 Å². The van der Waals surface area contributed by atoms with Gasteiger partial charge in [0.05, 0.1) is 12.8 Å². The minimum absolute atomic E-state index is 0.139. The largest absolute Gasteiger partial charge is 0.381 e. The van der Waals surface area contributed by atoms with Crippen LogP contribution in [0.4, 0.5) is 0 Å². The molecule has 1 aliphatic heterocycles. The summed E-state index contributed by atoms with van der Waals surface area (Å²) in [7, 11) is 0. The average Bonchev–Trinajstić information content (AvgIpc) is 2.78. The number of ether oxygens (including phenoxy) is 1. The lowest BCUT2D eigenvalue weighted by molar-refractivity contribution is -0.00264. The molecule has 90 valence electrons. The maximum atomic E-state index is 5.92. The first-order valence-electron chi connectivity index (χ1n) is 6.07. The molecule has 1 aromatic heterocycles. The van der Waals surface area contributed by atoms with Gasteiger partial charge >= 0.3 is 0 Å². The van der Waals surface area contributed by atoms with E-state index >= 15 is 0 Å². The second-order valence-electron chi connectivity index (χ2n) is 4.74. The van der Waals surface area contributed by atoms with Crippen molar-refractivity contribution in [2.24, 2.45) is 11.1 Å². The van der Waals surface area contributed by atoms with Gasteiger partial charge in [-0.1, -0.05) is 0 Å². The Morgan fingerprint density at radius 2 is 2.50 bits per heavy atom. The topological polar surface area (TPSA) is 53.1 Å². The van der Waals surface area contributed by atoms with Crippen LogP contribution in [0.25, 0.3) is 0 Å². The molecule has 1 atom stereocenters. The zero-order valence-corrected chi connectivity index (χ0v) is 9.98. The molecule has 1 saturated heterocycles. The fourth-order valence-corrected chi connectivity index (χ4v) is 2.39. The van der Waals surface area contributed by atoms with Gasteiger partial charge in [-0.3, -0.25) is 4.68 Å². The predicted molar refractivity (Wildman–Crippen MR) is 63.1 cm³/mol. The molecule has 0 bridgehead atoms. The van der Waals surface area contributed by atoms with Gasteiger partial charge < -0.3 is 10.5 Å². The summed E-state index contributed by atoms with van der Waals surface area (Å²) in [5.74, 6) is 0. The second kappa shape index (κ2) is 4.97. The van der Waals surface area contributed by atoms with E-state index in [4.69, 9.17) is 10.5 Å². The predicted octanol–water partition coefficient (Wildman–Crippen LogP) is 1.20. The molecule has 1 unspecified atom stereocenters. The van der Waals surface area contributed by atoms with Crippen LogP contribution in [0.5, 0.6) is 0 Å². The van der Waals surface area contributed by atoms with Crippen LogP contribution in [-0.2, 0) is 17.7 Å². The standard InChI is InChI=1S/C12H21N3O/c1-2-15-8-11(7-14-15)6-12(9-13)4-3-5-16-10-12/h7-8H,2-6,9-10,13H2,1H3. The van der Waals surface area contributed by atoms with Gasteiger partial charge in [-0.15, -0.1) is 0 Å². The van der Waals surface area contributed by atoms with Gasteiger partial charge in [0.25, 0.3) is 0 Å². The molecule has 1 fully saturated rings. The van der Waals surface area contributed by atoms with E-state index in [-0.39, 0.29) is 5.41 Å². The molecule has 2 heterocycles. The average molecular weight is 223 g/mol. The Kier molecular flexibility index (Phi) is 3.61. The highest BCUT2D eigenvalue weighted by Gasteiger charge is 2.32. The molecular formula is C12H21N3O. The molecule has 1 aliphatic rings. The van der Waals surface area contributed by atoms with Gasteiger partial charge in [-0.25, -0.2) is 0 Å². The van der Waals surface area contributed by atoms with E-state index in [1.807, 2.05) is 10.9 Å². The van der Waals surface area contributed by atoms with Crippen molar-refractivity contribution < 1.29 is 4.74 Å². The molecule has 0 spiro atoms. The van der Waals surface area contributed by atoms with Crippen molar-refractivity contribution in [3.8, 4) is 0 Å². The monoisotopic (exact) mass is 223 g/mol. The van der Waals surface area contributed by atoms with Gasteiger partial charge in [0.15, 0.2) is 0 Å². The first-order valence-corrected chi connectivity index (χ1v) is 6.07. The molecule has 0 aromatic carbocycles. The zero-order valence-electron chi connectivity index (χ0n) is 9.98. The normalized spacial score (nSPS) is 25.9. The number of nitrogens with zero attached hydrogens (tertiary/aromatic N) is 2. The van der Waals surface area contributed by atoms with Crippen molar-refractivity contribution >= 4 is 0 Å². The van der Waals surface area contributed by atoms with Crippen LogP contribution in [0.2, 0.25) is 0 Å². The van der Waals surface area contributed by atoms with E-state index in [2.05, 4.69) is 18.2 Å². The molecule has 1 aromatic rings. The Labute approximate surface area is 96.8 Å². The lowest BCUT2D eigenvalue weighted by Gasteiger charge is -2.35. The zero-order chi connectivity index (χ0) is 11.4. The Morgan fingerprint density at radius 3 is 3.06 bits per heavy atom. The molecular weight excluding hydrogens is 202 g/mol. The number of hydrogen-bond acceptors (Lipinski definition) is 3. The first-order chi connectivity index (χ1) is 7.78. The van der Waals surface area contributed by atoms with Gasteiger partial charge in [0.1, 0.15) is 0 Å². The molecule has 4 heteroatoms. The maximum absolute atomic E-state index is 5.92. The quantitative estimate of drug-likeness (QED) is 0.834. The Morgan fingerprint density at radius 1 is 1.62 bits per heavy atom. The summed E-state index contributed by atoms with van der Waals surface area (Å²) in [5, 5.41) is 4.30. The number of nitrogens with two attached hydrogens (primary N) is 1. The highest BCUT2D eigenvalue weighted by atomic mass is 16.5. The van der Waals surface area contributed by atoms with Gasteiger partial charge in [0.2, 0.25) is 0 Å². The highest BCUT2D eigenvalue weighted by Crippen LogP contribution is 2.31. The molecule has 2 N–H and O–H groups in total. The van der Waals surface area contributed by atoms with E-state index in [0.29, 0.717) is 6.54 Å². The lowest BCUT2D eigenvalue weighted by Crippen LogP contribution is -2.40. The summed E-state index contributed by atoms with van der Waals surface area (Å²) < 4.78 is 7.54. The minimum Gasteiger partial charge on any atom is -0.381 e. The number of aromatic nitrogens is 2. The number of aryl methyl sites for hydroxylation is 1. The molecule has 0 aliphatic carbocycles. The summed E-state index contributed by atoms with van der Waals surface area (Å²) in [5.41, 5.74) is 7.33. The third-order valence-electron chi connectivity index (χ3n) is 3.43. The van der Waals surface area contributed by atoms with E-state index in [1.54, 1.807) is 0 Å². The van der Waals surface area contributed by atoms with Crippen molar-refractivity contribution in [3.05, 3.63) is 18.0 Å². The van der Waals surface area contributed by atoms with Crippen molar-refractivity contribution in [2.75, 3.05) is 19.8 Å². The van der Waals surface area contributed by atoms with Crippen LogP contribution in [0, 0.1) is 5.41 Å². The van der Waals surface area contributed by atoms with Crippen molar-refractivity contribution in [1.82, 2.24) is 9.78 Å². The molecule has 0 amide bonds. The summed E-state index contributed by atoms with van der Waals surface area (Å²) in [6.07, 6.45) is 7.35. The summed E-state index contributed by atoms with van der Waals surface area (Å²) >= 11 is 0. The Balaban J connectivity index is 2.05. The van der Waals surface area contributed by atoms with E-state index in [1.165, 1.54) is 12.0 Å². The van der Waals surface area contributed by atoms with Crippen LogP contribution in [0.1, 0.15) is 25.3 Å². The number of rotatable bonds is 4. The van der Waals surface area contributed by atoms with Crippen molar-refractivity contribution in [3.63, 3.8) is 0 Å². The van der Waals surface area contributed by atoms with E-state index in [0.717, 1.165) is 32.6 Å². The van der Waals surface area contributed by atoms with Gasteiger partial charge in [0, 0.05) is 31.3 Å². The molecule has 0 radical (unpaired) electrons. The summed E-state index contributed by atoms with van der Waals surface area (Å²) in [4.78, 5) is 0. The fraction of sp³-hybridized carbons (Fsp3) is 0.750. The third-order valence-corrected chi connectivity index (χ3v) is 3.43. The summed E-state index contributed by atoms with van der Waals surface area (Å²) in [6, 6.07) is 0. The van der Waals surface area contributed by atoms with Crippen molar-refractivity contribution in [2.45, 2.75) is 32.7 Å². The van der Waals surface area contributed by atoms with E-state index in [9.17, 15) is 0 Å².